The van der Waals surface area contributed by atoms with Crippen LogP contribution in [0.4, 0.5) is 0 Å². The van der Waals surface area contributed by atoms with Crippen LogP contribution in [0.3, 0.4) is 0 Å². The molecular formula is C16H19NO3. The van der Waals surface area contributed by atoms with Crippen molar-refractivity contribution < 1.29 is 14.7 Å². The van der Waals surface area contributed by atoms with Crippen LogP contribution in [-0.4, -0.2) is 30.7 Å². The zero-order chi connectivity index (χ0) is 14.5. The molecule has 0 heterocycles. The van der Waals surface area contributed by atoms with Gasteiger partial charge in [-0.1, -0.05) is 35.5 Å². The average Bonchev–Trinajstić information content (AvgIpc) is 2.51. The molecule has 0 bridgehead atoms. The number of oxime groups is 1. The average molecular weight is 273 g/mol. The Morgan fingerprint density at radius 3 is 2.70 bits per heavy atom. The van der Waals surface area contributed by atoms with Crippen molar-refractivity contribution >= 4 is 16.5 Å². The first-order valence-corrected chi connectivity index (χ1v) is 6.53. The Morgan fingerprint density at radius 1 is 1.25 bits per heavy atom. The van der Waals surface area contributed by atoms with Gasteiger partial charge in [-0.15, -0.1) is 0 Å². The normalized spacial score (nSPS) is 13.4. The molecule has 2 aromatic carbocycles. The Morgan fingerprint density at radius 2 is 2.00 bits per heavy atom. The first kappa shape index (κ1) is 14.3. The Hall–Kier alpha value is -2.07. The molecule has 0 radical (unpaired) electrons. The maximum atomic E-state index is 9.02. The van der Waals surface area contributed by atoms with Crippen molar-refractivity contribution in [2.45, 2.75) is 20.0 Å². The summed E-state index contributed by atoms with van der Waals surface area (Å²) in [5, 5.41) is 14.4. The van der Waals surface area contributed by atoms with E-state index in [1.165, 1.54) is 0 Å². The van der Waals surface area contributed by atoms with Gasteiger partial charge in [0.05, 0.1) is 11.8 Å². The molecule has 0 aliphatic heterocycles. The SMILES string of the molecule is COC(C)COc1c(/C(C)=N/O)ccc2ccccc12. The van der Waals surface area contributed by atoms with E-state index in [1.54, 1.807) is 14.0 Å². The molecule has 1 unspecified atom stereocenters. The molecule has 0 aliphatic rings. The second-order valence-corrected chi connectivity index (χ2v) is 4.71. The van der Waals surface area contributed by atoms with Crippen molar-refractivity contribution in [1.82, 2.24) is 0 Å². The summed E-state index contributed by atoms with van der Waals surface area (Å²) in [6, 6.07) is 11.9. The molecule has 0 spiro atoms. The summed E-state index contributed by atoms with van der Waals surface area (Å²) in [7, 11) is 1.65. The van der Waals surface area contributed by atoms with Crippen LogP contribution in [0, 0.1) is 0 Å². The fraction of sp³-hybridized carbons (Fsp3) is 0.312. The van der Waals surface area contributed by atoms with Gasteiger partial charge in [0.1, 0.15) is 12.4 Å². The minimum Gasteiger partial charge on any atom is -0.490 e. The van der Waals surface area contributed by atoms with E-state index >= 15 is 0 Å². The molecule has 1 N–H and O–H groups in total. The molecule has 0 fully saturated rings. The highest BCUT2D eigenvalue weighted by molar-refractivity contribution is 6.06. The Labute approximate surface area is 118 Å². The Balaban J connectivity index is 2.50. The van der Waals surface area contributed by atoms with Gasteiger partial charge in [0.2, 0.25) is 0 Å². The molecule has 4 heteroatoms. The van der Waals surface area contributed by atoms with Crippen LogP contribution in [0.5, 0.6) is 5.75 Å². The third kappa shape index (κ3) is 2.91. The van der Waals surface area contributed by atoms with Crippen LogP contribution < -0.4 is 4.74 Å². The smallest absolute Gasteiger partial charge is 0.136 e. The van der Waals surface area contributed by atoms with Gasteiger partial charge < -0.3 is 14.7 Å². The minimum atomic E-state index is -0.00631. The van der Waals surface area contributed by atoms with Crippen LogP contribution in [-0.2, 0) is 4.74 Å². The lowest BCUT2D eigenvalue weighted by Crippen LogP contribution is -2.17. The van der Waals surface area contributed by atoms with E-state index in [0.717, 1.165) is 22.1 Å². The number of nitrogens with zero attached hydrogens (tertiary/aromatic N) is 1. The van der Waals surface area contributed by atoms with E-state index in [0.29, 0.717) is 12.3 Å². The summed E-state index contributed by atoms with van der Waals surface area (Å²) >= 11 is 0. The molecule has 4 nitrogen and oxygen atoms in total. The van der Waals surface area contributed by atoms with Gasteiger partial charge in [-0.3, -0.25) is 0 Å². The predicted octanol–water partition coefficient (Wildman–Crippen LogP) is 3.45. The highest BCUT2D eigenvalue weighted by Gasteiger charge is 2.13. The monoisotopic (exact) mass is 273 g/mol. The van der Waals surface area contributed by atoms with Crippen LogP contribution in [0.25, 0.3) is 10.8 Å². The van der Waals surface area contributed by atoms with Crippen molar-refractivity contribution in [2.75, 3.05) is 13.7 Å². The van der Waals surface area contributed by atoms with E-state index < -0.39 is 0 Å². The largest absolute Gasteiger partial charge is 0.490 e. The number of rotatable bonds is 5. The number of methoxy groups -OCH3 is 1. The third-order valence-corrected chi connectivity index (χ3v) is 3.28. The van der Waals surface area contributed by atoms with E-state index in [4.69, 9.17) is 14.7 Å². The van der Waals surface area contributed by atoms with Crippen LogP contribution in [0.15, 0.2) is 41.6 Å². The van der Waals surface area contributed by atoms with Crippen molar-refractivity contribution in [3.63, 3.8) is 0 Å². The lowest BCUT2D eigenvalue weighted by atomic mass is 10.0. The number of hydrogen-bond donors (Lipinski definition) is 1. The molecule has 0 saturated carbocycles. The zero-order valence-electron chi connectivity index (χ0n) is 12.0. The van der Waals surface area contributed by atoms with Crippen molar-refractivity contribution in [3.8, 4) is 5.75 Å². The maximum Gasteiger partial charge on any atom is 0.136 e. The summed E-state index contributed by atoms with van der Waals surface area (Å²) in [6.07, 6.45) is -0.00631. The molecule has 0 aliphatic carbocycles. The van der Waals surface area contributed by atoms with Gasteiger partial charge >= 0.3 is 0 Å². The number of hydrogen-bond acceptors (Lipinski definition) is 4. The van der Waals surface area contributed by atoms with Crippen molar-refractivity contribution in [2.24, 2.45) is 5.16 Å². The molecule has 0 saturated heterocycles. The number of ether oxygens (including phenoxy) is 2. The van der Waals surface area contributed by atoms with Gasteiger partial charge in [0.25, 0.3) is 0 Å². The lowest BCUT2D eigenvalue weighted by molar-refractivity contribution is 0.0721. The summed E-state index contributed by atoms with van der Waals surface area (Å²) in [5.74, 6) is 0.724. The predicted molar refractivity (Wildman–Crippen MR) is 79.9 cm³/mol. The Bertz CT molecular complexity index is 622. The van der Waals surface area contributed by atoms with E-state index in [9.17, 15) is 0 Å². The maximum absolute atomic E-state index is 9.02. The van der Waals surface area contributed by atoms with Crippen LogP contribution in [0.1, 0.15) is 19.4 Å². The topological polar surface area (TPSA) is 51.0 Å². The van der Waals surface area contributed by atoms with E-state index in [1.807, 2.05) is 43.3 Å². The third-order valence-electron chi connectivity index (χ3n) is 3.28. The molecule has 1 atom stereocenters. The van der Waals surface area contributed by atoms with Gasteiger partial charge in [0, 0.05) is 18.1 Å². The van der Waals surface area contributed by atoms with Crippen molar-refractivity contribution in [3.05, 3.63) is 42.0 Å². The zero-order valence-corrected chi connectivity index (χ0v) is 12.0. The Kier molecular flexibility index (Phi) is 4.58. The quantitative estimate of drug-likeness (QED) is 0.515. The van der Waals surface area contributed by atoms with Gasteiger partial charge in [-0.25, -0.2) is 0 Å². The fourth-order valence-corrected chi connectivity index (χ4v) is 2.01. The van der Waals surface area contributed by atoms with Crippen LogP contribution >= 0.6 is 0 Å². The molecule has 106 valence electrons. The first-order chi connectivity index (χ1) is 9.67. The summed E-state index contributed by atoms with van der Waals surface area (Å²) in [6.45, 7) is 4.13. The summed E-state index contributed by atoms with van der Waals surface area (Å²) in [4.78, 5) is 0. The lowest BCUT2D eigenvalue weighted by Gasteiger charge is -2.16. The summed E-state index contributed by atoms with van der Waals surface area (Å²) in [5.41, 5.74) is 1.31. The first-order valence-electron chi connectivity index (χ1n) is 6.53. The van der Waals surface area contributed by atoms with Crippen LogP contribution in [0.2, 0.25) is 0 Å². The summed E-state index contributed by atoms with van der Waals surface area (Å²) < 4.78 is 11.1. The molecule has 20 heavy (non-hydrogen) atoms. The minimum absolute atomic E-state index is 0.00631. The second kappa shape index (κ2) is 6.39. The fourth-order valence-electron chi connectivity index (χ4n) is 2.01. The van der Waals surface area contributed by atoms with Gasteiger partial charge in [0.15, 0.2) is 0 Å². The van der Waals surface area contributed by atoms with Gasteiger partial charge in [-0.2, -0.15) is 0 Å². The number of benzene rings is 2. The molecule has 2 rings (SSSR count). The highest BCUT2D eigenvalue weighted by atomic mass is 16.5. The van der Waals surface area contributed by atoms with Gasteiger partial charge in [-0.05, 0) is 25.3 Å². The molecule has 0 aromatic heterocycles. The standard InChI is InChI=1S/C16H19NO3/c1-11(19-3)10-20-16-14(12(2)17-18)9-8-13-6-4-5-7-15(13)16/h4-9,11,18H,10H2,1-3H3/b17-12+. The van der Waals surface area contributed by atoms with Crippen molar-refractivity contribution in [1.29, 1.82) is 0 Å². The molecular weight excluding hydrogens is 254 g/mol. The van der Waals surface area contributed by atoms with E-state index in [-0.39, 0.29) is 6.10 Å². The van der Waals surface area contributed by atoms with E-state index in [2.05, 4.69) is 5.16 Å². The molecule has 2 aromatic rings. The molecule has 0 amide bonds. The number of fused-ring (bicyclic) bond motifs is 1. The second-order valence-electron chi connectivity index (χ2n) is 4.71. The highest BCUT2D eigenvalue weighted by Crippen LogP contribution is 2.30.